The van der Waals surface area contributed by atoms with Gasteiger partial charge in [0.15, 0.2) is 0 Å². The summed E-state index contributed by atoms with van der Waals surface area (Å²) in [4.78, 5) is 10.9. The normalized spacial score (nSPS) is 33.8. The zero-order chi connectivity index (χ0) is 12.1. The van der Waals surface area contributed by atoms with Crippen LogP contribution in [0.3, 0.4) is 0 Å². The topological polar surface area (TPSA) is 54.0 Å². The molecule has 1 aliphatic carbocycles. The third kappa shape index (κ3) is 2.81. The largest absolute Gasteiger partial charge is 0.455 e. The first-order valence-electron chi connectivity index (χ1n) is 5.08. The molecule has 1 rings (SSSR count). The summed E-state index contributed by atoms with van der Waals surface area (Å²) in [6.45, 7) is 1.37. The van der Waals surface area contributed by atoms with Crippen LogP contribution in [0.2, 0.25) is 0 Å². The summed E-state index contributed by atoms with van der Waals surface area (Å²) in [7, 11) is 4.73. The summed E-state index contributed by atoms with van der Waals surface area (Å²) in [5.74, 6) is -0.345. The van der Waals surface area contributed by atoms with Gasteiger partial charge >= 0.3 is 5.97 Å². The highest BCUT2D eigenvalue weighted by molar-refractivity contribution is 5.66. The van der Waals surface area contributed by atoms with E-state index < -0.39 is 6.10 Å². The molecular formula is C11H18O5. The molecule has 0 aliphatic heterocycles. The zero-order valence-corrected chi connectivity index (χ0v) is 10.0. The van der Waals surface area contributed by atoms with E-state index in [1.165, 1.54) is 6.92 Å². The lowest BCUT2D eigenvalue weighted by Gasteiger charge is -2.36. The van der Waals surface area contributed by atoms with Crippen molar-refractivity contribution in [2.45, 2.75) is 31.3 Å². The highest BCUT2D eigenvalue weighted by atomic mass is 16.6. The van der Waals surface area contributed by atoms with Crippen molar-refractivity contribution >= 4 is 5.97 Å². The van der Waals surface area contributed by atoms with E-state index in [-0.39, 0.29) is 24.3 Å². The average Bonchev–Trinajstić information content (AvgIpc) is 2.27. The molecule has 0 heterocycles. The van der Waals surface area contributed by atoms with Gasteiger partial charge < -0.3 is 18.9 Å². The second-order valence-electron chi connectivity index (χ2n) is 3.56. The lowest BCUT2D eigenvalue weighted by atomic mass is 9.95. The van der Waals surface area contributed by atoms with Gasteiger partial charge in [0.25, 0.3) is 0 Å². The van der Waals surface area contributed by atoms with Crippen molar-refractivity contribution in [2.24, 2.45) is 0 Å². The van der Waals surface area contributed by atoms with E-state index in [1.807, 2.05) is 6.08 Å². The fourth-order valence-corrected chi connectivity index (χ4v) is 1.86. The van der Waals surface area contributed by atoms with E-state index >= 15 is 0 Å². The number of hydrogen-bond donors (Lipinski definition) is 0. The summed E-state index contributed by atoms with van der Waals surface area (Å²) in [6.07, 6.45) is 2.31. The van der Waals surface area contributed by atoms with E-state index in [0.29, 0.717) is 0 Å². The van der Waals surface area contributed by atoms with Crippen molar-refractivity contribution in [3.05, 3.63) is 12.2 Å². The van der Waals surface area contributed by atoms with Crippen LogP contribution >= 0.6 is 0 Å². The first-order valence-corrected chi connectivity index (χ1v) is 5.08. The lowest BCUT2D eigenvalue weighted by molar-refractivity contribution is -0.165. The van der Waals surface area contributed by atoms with Gasteiger partial charge in [-0.25, -0.2) is 0 Å². The summed E-state index contributed by atoms with van der Waals surface area (Å²) < 4.78 is 21.0. The maximum absolute atomic E-state index is 10.9. The Hall–Kier alpha value is -0.910. The Kier molecular flexibility index (Phi) is 4.92. The molecule has 0 aromatic carbocycles. The molecule has 0 unspecified atom stereocenters. The Morgan fingerprint density at radius 1 is 0.938 bits per heavy atom. The molecule has 0 aromatic heterocycles. The molecular weight excluding hydrogens is 212 g/mol. The van der Waals surface area contributed by atoms with Gasteiger partial charge in [-0.2, -0.15) is 0 Å². The maximum atomic E-state index is 10.9. The quantitative estimate of drug-likeness (QED) is 0.521. The third-order valence-electron chi connectivity index (χ3n) is 2.58. The van der Waals surface area contributed by atoms with Crippen molar-refractivity contribution in [3.8, 4) is 0 Å². The Bertz CT molecular complexity index is 263. The van der Waals surface area contributed by atoms with Crippen LogP contribution in [-0.2, 0) is 23.7 Å². The lowest BCUT2D eigenvalue weighted by Crippen LogP contribution is -2.50. The summed E-state index contributed by atoms with van der Waals surface area (Å²) in [6, 6.07) is 0. The standard InChI is InChI=1S/C11H18O5/c1-7(12)16-9-6-5-8(13-2)10(14-3)11(9)15-4/h5-6,8-11H,1-4H3/t8-,9+,10+,11-/m0/s1. The van der Waals surface area contributed by atoms with Crippen molar-refractivity contribution in [1.82, 2.24) is 0 Å². The Labute approximate surface area is 95.3 Å². The van der Waals surface area contributed by atoms with E-state index in [9.17, 15) is 4.79 Å². The van der Waals surface area contributed by atoms with Crippen LogP contribution in [0.15, 0.2) is 12.2 Å². The molecule has 92 valence electrons. The van der Waals surface area contributed by atoms with Crippen LogP contribution in [0, 0.1) is 0 Å². The highest BCUT2D eigenvalue weighted by Gasteiger charge is 2.38. The summed E-state index contributed by atoms with van der Waals surface area (Å²) in [5, 5.41) is 0. The van der Waals surface area contributed by atoms with Gasteiger partial charge in [-0.3, -0.25) is 4.79 Å². The maximum Gasteiger partial charge on any atom is 0.303 e. The van der Waals surface area contributed by atoms with Crippen molar-refractivity contribution < 1.29 is 23.7 Å². The number of rotatable bonds is 4. The van der Waals surface area contributed by atoms with Gasteiger partial charge in [0.05, 0.1) is 0 Å². The van der Waals surface area contributed by atoms with Crippen molar-refractivity contribution in [3.63, 3.8) is 0 Å². The van der Waals surface area contributed by atoms with E-state index in [1.54, 1.807) is 27.4 Å². The summed E-state index contributed by atoms with van der Waals surface area (Å²) in [5.41, 5.74) is 0. The van der Waals surface area contributed by atoms with E-state index in [2.05, 4.69) is 0 Å². The number of carbonyl (C=O) groups is 1. The van der Waals surface area contributed by atoms with Crippen LogP contribution in [0.5, 0.6) is 0 Å². The van der Waals surface area contributed by atoms with Crippen molar-refractivity contribution in [2.75, 3.05) is 21.3 Å². The second-order valence-corrected chi connectivity index (χ2v) is 3.56. The molecule has 0 saturated carbocycles. The number of ether oxygens (including phenoxy) is 4. The molecule has 0 amide bonds. The minimum Gasteiger partial charge on any atom is -0.455 e. The molecule has 4 atom stereocenters. The first-order chi connectivity index (χ1) is 7.63. The Morgan fingerprint density at radius 2 is 1.44 bits per heavy atom. The SMILES string of the molecule is CO[C@@H]1[C@H](OC)[C@@H](OC)C=C[C@H]1OC(C)=O. The monoisotopic (exact) mass is 230 g/mol. The highest BCUT2D eigenvalue weighted by Crippen LogP contribution is 2.23. The first kappa shape index (κ1) is 13.2. The number of methoxy groups -OCH3 is 3. The van der Waals surface area contributed by atoms with Gasteiger partial charge in [-0.05, 0) is 6.08 Å². The fourth-order valence-electron chi connectivity index (χ4n) is 1.86. The minimum absolute atomic E-state index is 0.193. The van der Waals surface area contributed by atoms with Crippen LogP contribution in [0.4, 0.5) is 0 Å². The number of esters is 1. The van der Waals surface area contributed by atoms with Gasteiger partial charge in [-0.15, -0.1) is 0 Å². The molecule has 0 radical (unpaired) electrons. The second kappa shape index (κ2) is 5.98. The predicted octanol–water partition coefficient (Wildman–Crippen LogP) is 0.533. The molecule has 0 fully saturated rings. The van der Waals surface area contributed by atoms with Crippen LogP contribution in [-0.4, -0.2) is 51.7 Å². The van der Waals surface area contributed by atoms with Gasteiger partial charge in [-0.1, -0.05) is 6.08 Å². The van der Waals surface area contributed by atoms with Gasteiger partial charge in [0.1, 0.15) is 24.4 Å². The van der Waals surface area contributed by atoms with E-state index in [0.717, 1.165) is 0 Å². The smallest absolute Gasteiger partial charge is 0.303 e. The van der Waals surface area contributed by atoms with E-state index in [4.69, 9.17) is 18.9 Å². The summed E-state index contributed by atoms with van der Waals surface area (Å²) >= 11 is 0. The molecule has 16 heavy (non-hydrogen) atoms. The zero-order valence-electron chi connectivity index (χ0n) is 10.0. The van der Waals surface area contributed by atoms with Gasteiger partial charge in [0, 0.05) is 28.3 Å². The minimum atomic E-state index is -0.432. The molecule has 0 aromatic rings. The van der Waals surface area contributed by atoms with Gasteiger partial charge in [0.2, 0.25) is 0 Å². The van der Waals surface area contributed by atoms with Crippen LogP contribution in [0.25, 0.3) is 0 Å². The predicted molar refractivity (Wildman–Crippen MR) is 57.1 cm³/mol. The molecule has 0 saturated heterocycles. The third-order valence-corrected chi connectivity index (χ3v) is 2.58. The Morgan fingerprint density at radius 3 is 1.88 bits per heavy atom. The van der Waals surface area contributed by atoms with Crippen molar-refractivity contribution in [1.29, 1.82) is 0 Å². The van der Waals surface area contributed by atoms with Crippen LogP contribution < -0.4 is 0 Å². The number of carbonyl (C=O) groups excluding carboxylic acids is 1. The molecule has 5 heteroatoms. The molecule has 0 bridgehead atoms. The average molecular weight is 230 g/mol. The fraction of sp³-hybridized carbons (Fsp3) is 0.727. The molecule has 1 aliphatic rings. The number of hydrogen-bond acceptors (Lipinski definition) is 5. The molecule has 5 nitrogen and oxygen atoms in total. The molecule has 0 N–H and O–H groups in total. The van der Waals surface area contributed by atoms with Crippen LogP contribution in [0.1, 0.15) is 6.92 Å². The Balaban J connectivity index is 2.83. The molecule has 0 spiro atoms.